The van der Waals surface area contributed by atoms with Gasteiger partial charge in [-0.3, -0.25) is 14.3 Å². The standard InChI is InChI=1S/C32H34N4O4/c1-32(31(38)33-21-25-13-7-8-14-29(25)40-3)22-36-28(20-27(34-36)24-15-17-26(39-2)18-16-24)30(37)35(32)19-9-12-23-10-5-4-6-11-23/h4-8,10-11,13-18,20H,9,12,19,21-22H2,1-3H3,(H,33,38). The molecule has 1 aliphatic rings. The van der Waals surface area contributed by atoms with Crippen molar-refractivity contribution in [3.05, 3.63) is 102 Å². The molecule has 0 spiro atoms. The molecule has 0 radical (unpaired) electrons. The van der Waals surface area contributed by atoms with Crippen LogP contribution in [0.4, 0.5) is 0 Å². The van der Waals surface area contributed by atoms with Gasteiger partial charge < -0.3 is 19.7 Å². The largest absolute Gasteiger partial charge is 0.497 e. The summed E-state index contributed by atoms with van der Waals surface area (Å²) in [7, 11) is 3.23. The summed E-state index contributed by atoms with van der Waals surface area (Å²) in [6.07, 6.45) is 1.53. The number of nitrogens with one attached hydrogen (secondary N) is 1. The maximum absolute atomic E-state index is 13.9. The molecule has 206 valence electrons. The van der Waals surface area contributed by atoms with Gasteiger partial charge >= 0.3 is 0 Å². The zero-order chi connectivity index (χ0) is 28.1. The Morgan fingerprint density at radius 1 is 0.975 bits per heavy atom. The molecule has 0 saturated heterocycles. The van der Waals surface area contributed by atoms with Crippen molar-refractivity contribution in [2.75, 3.05) is 20.8 Å². The molecule has 0 bridgehead atoms. The van der Waals surface area contributed by atoms with Crippen LogP contribution in [0.3, 0.4) is 0 Å². The van der Waals surface area contributed by atoms with E-state index in [9.17, 15) is 9.59 Å². The minimum Gasteiger partial charge on any atom is -0.497 e. The highest BCUT2D eigenvalue weighted by atomic mass is 16.5. The van der Waals surface area contributed by atoms with Crippen molar-refractivity contribution in [3.63, 3.8) is 0 Å². The molecule has 4 aromatic rings. The lowest BCUT2D eigenvalue weighted by Crippen LogP contribution is -2.64. The minimum atomic E-state index is -1.13. The maximum atomic E-state index is 13.9. The molecule has 1 atom stereocenters. The molecular weight excluding hydrogens is 504 g/mol. The minimum absolute atomic E-state index is 0.207. The molecule has 40 heavy (non-hydrogen) atoms. The van der Waals surface area contributed by atoms with Crippen LogP contribution >= 0.6 is 0 Å². The van der Waals surface area contributed by atoms with Crippen LogP contribution < -0.4 is 14.8 Å². The molecular formula is C32H34N4O4. The average Bonchev–Trinajstić information content (AvgIpc) is 3.42. The molecule has 8 heteroatoms. The molecule has 5 rings (SSSR count). The van der Waals surface area contributed by atoms with Crippen molar-refractivity contribution < 1.29 is 19.1 Å². The Morgan fingerprint density at radius 3 is 2.42 bits per heavy atom. The smallest absolute Gasteiger partial charge is 0.273 e. The number of aromatic nitrogens is 2. The second-order valence-corrected chi connectivity index (χ2v) is 10.1. The number of amides is 2. The Morgan fingerprint density at radius 2 is 1.70 bits per heavy atom. The highest BCUT2D eigenvalue weighted by Crippen LogP contribution is 2.31. The summed E-state index contributed by atoms with van der Waals surface area (Å²) in [6, 6.07) is 27.1. The van der Waals surface area contributed by atoms with Gasteiger partial charge in [-0.25, -0.2) is 0 Å². The second-order valence-electron chi connectivity index (χ2n) is 10.1. The number of nitrogens with zero attached hydrogens (tertiary/aromatic N) is 3. The fourth-order valence-electron chi connectivity index (χ4n) is 5.20. The Hall–Kier alpha value is -4.59. The first-order valence-corrected chi connectivity index (χ1v) is 13.4. The molecule has 2 heterocycles. The van der Waals surface area contributed by atoms with Crippen LogP contribution in [0.2, 0.25) is 0 Å². The van der Waals surface area contributed by atoms with Crippen LogP contribution in [0.5, 0.6) is 11.5 Å². The van der Waals surface area contributed by atoms with Gasteiger partial charge in [0.25, 0.3) is 5.91 Å². The number of para-hydroxylation sites is 1. The summed E-state index contributed by atoms with van der Waals surface area (Å²) < 4.78 is 12.4. The van der Waals surface area contributed by atoms with Crippen molar-refractivity contribution in [1.82, 2.24) is 20.0 Å². The SMILES string of the molecule is COc1ccc(-c2cc3n(n2)CC(C)(C(=O)NCc2ccccc2OC)N(CCCc2ccccc2)C3=O)cc1. The van der Waals surface area contributed by atoms with E-state index in [1.807, 2.05) is 73.7 Å². The van der Waals surface area contributed by atoms with Gasteiger partial charge in [0, 0.05) is 24.2 Å². The summed E-state index contributed by atoms with van der Waals surface area (Å²) in [5.74, 6) is 0.999. The predicted molar refractivity (Wildman–Crippen MR) is 153 cm³/mol. The topological polar surface area (TPSA) is 85.7 Å². The Labute approximate surface area is 234 Å². The third-order valence-corrected chi connectivity index (χ3v) is 7.49. The van der Waals surface area contributed by atoms with E-state index in [1.54, 1.807) is 29.9 Å². The Kier molecular flexibility index (Phi) is 7.86. The number of carbonyl (C=O) groups is 2. The summed E-state index contributed by atoms with van der Waals surface area (Å²) in [5, 5.41) is 7.80. The van der Waals surface area contributed by atoms with Crippen molar-refractivity contribution >= 4 is 11.8 Å². The number of hydrogen-bond acceptors (Lipinski definition) is 5. The summed E-state index contributed by atoms with van der Waals surface area (Å²) in [6.45, 7) is 2.79. The number of benzene rings is 3. The van der Waals surface area contributed by atoms with Gasteiger partial charge in [0.1, 0.15) is 22.7 Å². The highest BCUT2D eigenvalue weighted by molar-refractivity contribution is 6.00. The number of fused-ring (bicyclic) bond motifs is 1. The molecule has 1 unspecified atom stereocenters. The predicted octanol–water partition coefficient (Wildman–Crippen LogP) is 4.73. The van der Waals surface area contributed by atoms with Crippen LogP contribution in [0, 0.1) is 0 Å². The number of aryl methyl sites for hydroxylation is 1. The van der Waals surface area contributed by atoms with Gasteiger partial charge in [-0.1, -0.05) is 48.5 Å². The van der Waals surface area contributed by atoms with Gasteiger partial charge in [-0.15, -0.1) is 0 Å². The van der Waals surface area contributed by atoms with E-state index in [0.29, 0.717) is 23.7 Å². The first kappa shape index (κ1) is 27.0. The molecule has 1 aromatic heterocycles. The van der Waals surface area contributed by atoms with E-state index in [-0.39, 0.29) is 24.9 Å². The lowest BCUT2D eigenvalue weighted by atomic mass is 9.94. The van der Waals surface area contributed by atoms with Crippen molar-refractivity contribution in [2.45, 2.75) is 38.4 Å². The zero-order valence-electron chi connectivity index (χ0n) is 23.1. The first-order valence-electron chi connectivity index (χ1n) is 13.4. The van der Waals surface area contributed by atoms with E-state index < -0.39 is 5.54 Å². The normalized spacial score (nSPS) is 16.4. The fraction of sp³-hybridized carbons (Fsp3) is 0.281. The monoisotopic (exact) mass is 538 g/mol. The fourth-order valence-corrected chi connectivity index (χ4v) is 5.20. The molecule has 3 aromatic carbocycles. The average molecular weight is 539 g/mol. The van der Waals surface area contributed by atoms with Crippen LogP contribution in [0.25, 0.3) is 11.3 Å². The molecule has 0 saturated carbocycles. The van der Waals surface area contributed by atoms with Crippen molar-refractivity contribution in [3.8, 4) is 22.8 Å². The van der Waals surface area contributed by atoms with Gasteiger partial charge in [0.05, 0.1) is 26.5 Å². The van der Waals surface area contributed by atoms with Crippen molar-refractivity contribution in [2.24, 2.45) is 0 Å². The first-order chi connectivity index (χ1) is 19.4. The second kappa shape index (κ2) is 11.7. The van der Waals surface area contributed by atoms with E-state index in [1.165, 1.54) is 5.56 Å². The lowest BCUT2D eigenvalue weighted by molar-refractivity contribution is -0.133. The molecule has 2 amide bonds. The number of carbonyl (C=O) groups excluding carboxylic acids is 2. The van der Waals surface area contributed by atoms with E-state index in [0.717, 1.165) is 29.7 Å². The summed E-state index contributed by atoms with van der Waals surface area (Å²) in [5.41, 5.74) is 2.94. The summed E-state index contributed by atoms with van der Waals surface area (Å²) >= 11 is 0. The summed E-state index contributed by atoms with van der Waals surface area (Å²) in [4.78, 5) is 29.5. The number of ether oxygens (including phenoxy) is 2. The molecule has 1 N–H and O–H groups in total. The van der Waals surface area contributed by atoms with Crippen LogP contribution in [0.15, 0.2) is 84.9 Å². The quantitative estimate of drug-likeness (QED) is 0.316. The van der Waals surface area contributed by atoms with Crippen LogP contribution in [-0.2, 0) is 24.3 Å². The lowest BCUT2D eigenvalue weighted by Gasteiger charge is -2.43. The van der Waals surface area contributed by atoms with Gasteiger partial charge in [0.15, 0.2) is 0 Å². The number of hydrogen-bond donors (Lipinski definition) is 1. The maximum Gasteiger partial charge on any atom is 0.273 e. The van der Waals surface area contributed by atoms with E-state index in [2.05, 4.69) is 17.4 Å². The van der Waals surface area contributed by atoms with Crippen LogP contribution in [-0.4, -0.2) is 52.8 Å². The Bertz CT molecular complexity index is 1480. The zero-order valence-corrected chi connectivity index (χ0v) is 23.1. The molecule has 1 aliphatic heterocycles. The molecule has 0 fully saturated rings. The van der Waals surface area contributed by atoms with E-state index in [4.69, 9.17) is 14.6 Å². The number of rotatable bonds is 10. The van der Waals surface area contributed by atoms with Crippen LogP contribution in [0.1, 0.15) is 35.0 Å². The van der Waals surface area contributed by atoms with Gasteiger partial charge in [0.2, 0.25) is 5.91 Å². The van der Waals surface area contributed by atoms with Gasteiger partial charge in [-0.2, -0.15) is 5.10 Å². The van der Waals surface area contributed by atoms with Crippen molar-refractivity contribution in [1.29, 1.82) is 0 Å². The number of methoxy groups -OCH3 is 2. The Balaban J connectivity index is 1.42. The van der Waals surface area contributed by atoms with Gasteiger partial charge in [-0.05, 0) is 61.7 Å². The third-order valence-electron chi connectivity index (χ3n) is 7.49. The third kappa shape index (κ3) is 5.43. The molecule has 0 aliphatic carbocycles. The molecule has 8 nitrogen and oxygen atoms in total. The highest BCUT2D eigenvalue weighted by Gasteiger charge is 2.47. The van der Waals surface area contributed by atoms with E-state index >= 15 is 0 Å².